The smallest absolute Gasteiger partial charge is 0.291 e. The second-order valence-electron chi connectivity index (χ2n) is 7.28. The van der Waals surface area contributed by atoms with Crippen molar-refractivity contribution in [2.45, 2.75) is 51.3 Å². The van der Waals surface area contributed by atoms with Crippen molar-refractivity contribution in [3.8, 4) is 0 Å². The van der Waals surface area contributed by atoms with E-state index >= 15 is 0 Å². The van der Waals surface area contributed by atoms with Gasteiger partial charge >= 0.3 is 0 Å². The number of carbonyl (C=O) groups is 1. The normalized spacial score (nSPS) is 22.7. The summed E-state index contributed by atoms with van der Waals surface area (Å²) in [5.41, 5.74) is 0.559. The summed E-state index contributed by atoms with van der Waals surface area (Å²) in [7, 11) is 3.69. The number of aliphatic hydroxyl groups is 1. The van der Waals surface area contributed by atoms with E-state index in [4.69, 9.17) is 0 Å². The van der Waals surface area contributed by atoms with Gasteiger partial charge in [0.25, 0.3) is 5.56 Å². The molecule has 0 aromatic carbocycles. The molecule has 8 heteroatoms. The molecule has 1 fully saturated rings. The first-order valence-electron chi connectivity index (χ1n) is 8.51. The van der Waals surface area contributed by atoms with Crippen molar-refractivity contribution in [2.24, 2.45) is 0 Å². The highest BCUT2D eigenvalue weighted by Gasteiger charge is 2.39. The molecule has 136 valence electrons. The van der Waals surface area contributed by atoms with Crippen molar-refractivity contribution in [3.05, 3.63) is 28.2 Å². The first-order chi connectivity index (χ1) is 11.7. The number of rotatable bonds is 5. The maximum Gasteiger partial charge on any atom is 0.291 e. The Morgan fingerprint density at radius 2 is 2.16 bits per heavy atom. The minimum Gasteiger partial charge on any atom is -0.390 e. The van der Waals surface area contributed by atoms with Gasteiger partial charge in [-0.15, -0.1) is 5.10 Å². The van der Waals surface area contributed by atoms with Gasteiger partial charge < -0.3 is 15.3 Å². The zero-order valence-corrected chi connectivity index (χ0v) is 15.1. The van der Waals surface area contributed by atoms with Crippen LogP contribution in [0.1, 0.15) is 32.3 Å². The minimum absolute atomic E-state index is 0.0461. The third-order valence-electron chi connectivity index (χ3n) is 4.59. The van der Waals surface area contributed by atoms with Gasteiger partial charge in [-0.3, -0.25) is 14.0 Å². The number of aromatic nitrogens is 3. The molecule has 2 aromatic rings. The van der Waals surface area contributed by atoms with Crippen molar-refractivity contribution in [1.29, 1.82) is 0 Å². The van der Waals surface area contributed by atoms with E-state index in [2.05, 4.69) is 10.4 Å². The predicted molar refractivity (Wildman–Crippen MR) is 94.9 cm³/mol. The fourth-order valence-corrected chi connectivity index (χ4v) is 3.30. The third kappa shape index (κ3) is 3.39. The van der Waals surface area contributed by atoms with Crippen LogP contribution in [0, 0.1) is 0 Å². The Balaban J connectivity index is 1.87. The highest BCUT2D eigenvalue weighted by atomic mass is 16.3. The Labute approximate surface area is 146 Å². The largest absolute Gasteiger partial charge is 0.390 e. The molecule has 0 unspecified atom stereocenters. The number of carbonyl (C=O) groups excluding carboxylic acids is 1. The lowest BCUT2D eigenvalue weighted by Gasteiger charge is -2.41. The summed E-state index contributed by atoms with van der Waals surface area (Å²) >= 11 is 0. The molecule has 8 nitrogen and oxygen atoms in total. The molecular formula is C17H25N5O3. The SMILES string of the molecule is CCc1cc2c(=O)n(CC(=O)NC3CC(C)(O)C3)nc(N(C)C)n2c1. The van der Waals surface area contributed by atoms with Crippen LogP contribution in [0.15, 0.2) is 17.1 Å². The van der Waals surface area contributed by atoms with E-state index in [1.165, 1.54) is 4.68 Å². The van der Waals surface area contributed by atoms with Crippen LogP contribution in [0.25, 0.3) is 5.52 Å². The standard InChI is InChI=1S/C17H25N5O3/c1-5-11-6-13-15(24)22(19-16(20(3)4)21(13)9-11)10-14(23)18-12-7-17(2,25)8-12/h6,9,12,25H,5,7-8,10H2,1-4H3,(H,18,23). The first-order valence-corrected chi connectivity index (χ1v) is 8.51. The Bertz CT molecular complexity index is 857. The van der Waals surface area contributed by atoms with E-state index in [1.807, 2.05) is 38.2 Å². The van der Waals surface area contributed by atoms with Crippen LogP contribution in [0.4, 0.5) is 5.95 Å². The van der Waals surface area contributed by atoms with E-state index in [9.17, 15) is 14.7 Å². The molecule has 2 heterocycles. The Hall–Kier alpha value is -2.35. The monoisotopic (exact) mass is 347 g/mol. The predicted octanol–water partition coefficient (Wildman–Crippen LogP) is 0.154. The second-order valence-corrected chi connectivity index (χ2v) is 7.28. The fraction of sp³-hybridized carbons (Fsp3) is 0.588. The third-order valence-corrected chi connectivity index (χ3v) is 4.59. The van der Waals surface area contributed by atoms with Gasteiger partial charge in [0.1, 0.15) is 12.1 Å². The van der Waals surface area contributed by atoms with E-state index in [-0.39, 0.29) is 24.1 Å². The molecule has 0 aliphatic heterocycles. The van der Waals surface area contributed by atoms with Crippen molar-refractivity contribution in [1.82, 2.24) is 19.5 Å². The van der Waals surface area contributed by atoms with Crippen molar-refractivity contribution < 1.29 is 9.90 Å². The summed E-state index contributed by atoms with van der Waals surface area (Å²) in [4.78, 5) is 26.7. The van der Waals surface area contributed by atoms with Crippen LogP contribution >= 0.6 is 0 Å². The average Bonchev–Trinajstić information content (AvgIpc) is 2.92. The lowest BCUT2D eigenvalue weighted by atomic mass is 9.77. The molecule has 0 atom stereocenters. The van der Waals surface area contributed by atoms with Gasteiger partial charge in [-0.05, 0) is 37.8 Å². The van der Waals surface area contributed by atoms with Crippen LogP contribution in [0.5, 0.6) is 0 Å². The topological polar surface area (TPSA) is 91.9 Å². The van der Waals surface area contributed by atoms with Gasteiger partial charge in [-0.2, -0.15) is 0 Å². The maximum atomic E-state index is 12.7. The highest BCUT2D eigenvalue weighted by molar-refractivity contribution is 5.76. The molecular weight excluding hydrogens is 322 g/mol. The van der Waals surface area contributed by atoms with E-state index < -0.39 is 5.60 Å². The summed E-state index contributed by atoms with van der Waals surface area (Å²) in [6, 6.07) is 1.80. The van der Waals surface area contributed by atoms with Gasteiger partial charge in [-0.1, -0.05) is 6.92 Å². The molecule has 1 amide bonds. The van der Waals surface area contributed by atoms with Crippen molar-refractivity contribution in [3.63, 3.8) is 0 Å². The van der Waals surface area contributed by atoms with Crippen molar-refractivity contribution >= 4 is 17.4 Å². The lowest BCUT2D eigenvalue weighted by molar-refractivity contribution is -0.125. The summed E-state index contributed by atoms with van der Waals surface area (Å²) in [6.07, 6.45) is 3.78. The zero-order valence-electron chi connectivity index (χ0n) is 15.1. The Morgan fingerprint density at radius 1 is 1.48 bits per heavy atom. The van der Waals surface area contributed by atoms with Crippen LogP contribution in [-0.4, -0.2) is 50.9 Å². The van der Waals surface area contributed by atoms with Crippen LogP contribution in [0.3, 0.4) is 0 Å². The lowest BCUT2D eigenvalue weighted by Crippen LogP contribution is -2.54. The van der Waals surface area contributed by atoms with Crippen LogP contribution < -0.4 is 15.8 Å². The van der Waals surface area contributed by atoms with Gasteiger partial charge in [0.05, 0.1) is 5.60 Å². The van der Waals surface area contributed by atoms with E-state index in [1.54, 1.807) is 11.3 Å². The van der Waals surface area contributed by atoms with Crippen LogP contribution in [-0.2, 0) is 17.8 Å². The quantitative estimate of drug-likeness (QED) is 0.804. The van der Waals surface area contributed by atoms with Gasteiger partial charge in [-0.25, -0.2) is 4.68 Å². The number of fused-ring (bicyclic) bond motifs is 1. The zero-order chi connectivity index (χ0) is 18.4. The molecule has 25 heavy (non-hydrogen) atoms. The number of hydrogen-bond acceptors (Lipinski definition) is 5. The number of anilines is 1. The molecule has 2 N–H and O–H groups in total. The van der Waals surface area contributed by atoms with E-state index in [0.29, 0.717) is 24.3 Å². The maximum absolute atomic E-state index is 12.7. The number of nitrogens with one attached hydrogen (secondary N) is 1. The van der Waals surface area contributed by atoms with Gasteiger partial charge in [0.15, 0.2) is 0 Å². The molecule has 3 rings (SSSR count). The summed E-state index contributed by atoms with van der Waals surface area (Å²) in [5.74, 6) is 0.320. The second kappa shape index (κ2) is 6.18. The Morgan fingerprint density at radius 3 is 2.72 bits per heavy atom. The molecule has 2 aromatic heterocycles. The summed E-state index contributed by atoms with van der Waals surface area (Å²) in [5, 5.41) is 16.9. The van der Waals surface area contributed by atoms with Crippen LogP contribution in [0.2, 0.25) is 0 Å². The minimum atomic E-state index is -0.702. The molecule has 1 saturated carbocycles. The summed E-state index contributed by atoms with van der Waals surface area (Å²) < 4.78 is 2.97. The Kier molecular flexibility index (Phi) is 4.32. The summed E-state index contributed by atoms with van der Waals surface area (Å²) in [6.45, 7) is 3.63. The molecule has 1 aliphatic rings. The molecule has 0 spiro atoms. The molecule has 1 aliphatic carbocycles. The number of nitrogens with zero attached hydrogens (tertiary/aromatic N) is 4. The number of aryl methyl sites for hydroxylation is 1. The number of amides is 1. The molecule has 0 radical (unpaired) electrons. The molecule has 0 bridgehead atoms. The van der Waals surface area contributed by atoms with E-state index in [0.717, 1.165) is 12.0 Å². The fourth-order valence-electron chi connectivity index (χ4n) is 3.30. The highest BCUT2D eigenvalue weighted by Crippen LogP contribution is 2.31. The van der Waals surface area contributed by atoms with Crippen molar-refractivity contribution in [2.75, 3.05) is 19.0 Å². The average molecular weight is 347 g/mol. The molecule has 0 saturated heterocycles. The van der Waals surface area contributed by atoms with Gasteiger partial charge in [0.2, 0.25) is 11.9 Å². The first kappa shape index (κ1) is 17.5. The van der Waals surface area contributed by atoms with Gasteiger partial charge in [0, 0.05) is 26.3 Å². The number of hydrogen-bond donors (Lipinski definition) is 2.